The maximum atomic E-state index is 11.0. The maximum Gasteiger partial charge on any atom is 0.250 e. The van der Waals surface area contributed by atoms with Crippen molar-refractivity contribution in [2.45, 2.75) is 12.5 Å². The number of aliphatic hydroxyl groups is 1. The van der Waals surface area contributed by atoms with Crippen LogP contribution in [0.2, 0.25) is 5.02 Å². The second-order valence-electron chi connectivity index (χ2n) is 4.14. The highest BCUT2D eigenvalue weighted by molar-refractivity contribution is 6.33. The first-order valence-corrected chi connectivity index (χ1v) is 6.35. The lowest BCUT2D eigenvalue weighted by molar-refractivity contribution is 0.1000. The van der Waals surface area contributed by atoms with Crippen molar-refractivity contribution in [3.8, 4) is 0 Å². The minimum atomic E-state index is -0.594. The van der Waals surface area contributed by atoms with Gasteiger partial charge in [-0.3, -0.25) is 4.79 Å². The quantitative estimate of drug-likeness (QED) is 0.756. The highest BCUT2D eigenvalue weighted by atomic mass is 35.5. The number of carbonyl (C=O) groups is 1. The molecule has 0 aromatic carbocycles. The lowest BCUT2D eigenvalue weighted by Crippen LogP contribution is -2.15. The summed E-state index contributed by atoms with van der Waals surface area (Å²) in [6.07, 6.45) is 3.32. The van der Waals surface area contributed by atoms with Gasteiger partial charge in [0, 0.05) is 12.8 Å². The van der Waals surface area contributed by atoms with Crippen molar-refractivity contribution in [3.63, 3.8) is 0 Å². The molecule has 2 aromatic rings. The third-order valence-electron chi connectivity index (χ3n) is 2.74. The number of anilines is 1. The predicted octanol–water partition coefficient (Wildman–Crippen LogP) is 1.96. The van der Waals surface area contributed by atoms with Crippen molar-refractivity contribution in [3.05, 3.63) is 47.0 Å². The number of nitrogens with one attached hydrogen (secondary N) is 1. The van der Waals surface area contributed by atoms with E-state index in [1.807, 2.05) is 0 Å². The van der Waals surface area contributed by atoms with Crippen LogP contribution in [0, 0.1) is 0 Å². The van der Waals surface area contributed by atoms with Gasteiger partial charge in [-0.25, -0.2) is 4.98 Å². The van der Waals surface area contributed by atoms with Gasteiger partial charge < -0.3 is 20.6 Å². The number of nitrogens with two attached hydrogens (primary N) is 1. The molecule has 7 heteroatoms. The van der Waals surface area contributed by atoms with Crippen LogP contribution in [-0.2, 0) is 0 Å². The van der Waals surface area contributed by atoms with Gasteiger partial charge in [0.25, 0.3) is 0 Å². The van der Waals surface area contributed by atoms with Crippen molar-refractivity contribution in [2.24, 2.45) is 5.73 Å². The van der Waals surface area contributed by atoms with Crippen LogP contribution in [-0.4, -0.2) is 22.6 Å². The molecule has 2 rings (SSSR count). The van der Waals surface area contributed by atoms with Gasteiger partial charge in [-0.05, 0) is 24.6 Å². The van der Waals surface area contributed by atoms with E-state index in [0.717, 1.165) is 0 Å². The molecule has 2 heterocycles. The van der Waals surface area contributed by atoms with Gasteiger partial charge in [-0.1, -0.05) is 11.6 Å². The fourth-order valence-electron chi connectivity index (χ4n) is 1.75. The van der Waals surface area contributed by atoms with Gasteiger partial charge in [0.05, 0.1) is 22.9 Å². The van der Waals surface area contributed by atoms with E-state index in [0.29, 0.717) is 18.0 Å². The van der Waals surface area contributed by atoms with Crippen LogP contribution in [0.1, 0.15) is 28.6 Å². The molecule has 0 aliphatic heterocycles. The molecule has 0 bridgehead atoms. The predicted molar refractivity (Wildman–Crippen MR) is 74.5 cm³/mol. The number of primary amides is 1. The molecule has 1 unspecified atom stereocenters. The van der Waals surface area contributed by atoms with Crippen molar-refractivity contribution in [2.75, 3.05) is 11.9 Å². The van der Waals surface area contributed by atoms with Gasteiger partial charge >= 0.3 is 0 Å². The van der Waals surface area contributed by atoms with Gasteiger partial charge in [-0.2, -0.15) is 0 Å². The van der Waals surface area contributed by atoms with Crippen LogP contribution in [0.5, 0.6) is 0 Å². The van der Waals surface area contributed by atoms with Gasteiger partial charge in [0.2, 0.25) is 5.91 Å². The van der Waals surface area contributed by atoms with Crippen LogP contribution in [0.4, 0.5) is 5.82 Å². The Kier molecular flexibility index (Phi) is 4.60. The Bertz CT molecular complexity index is 587. The number of nitrogens with zero attached hydrogens (tertiary/aromatic N) is 1. The normalized spacial score (nSPS) is 12.1. The summed E-state index contributed by atoms with van der Waals surface area (Å²) < 4.78 is 5.30. The Labute approximate surface area is 120 Å². The Morgan fingerprint density at radius 3 is 2.95 bits per heavy atom. The average molecular weight is 296 g/mol. The van der Waals surface area contributed by atoms with Crippen LogP contribution in [0.3, 0.4) is 0 Å². The fraction of sp³-hybridized carbons (Fsp3) is 0.231. The van der Waals surface area contributed by atoms with E-state index in [1.54, 1.807) is 18.4 Å². The number of amides is 1. The summed E-state index contributed by atoms with van der Waals surface area (Å²) in [5, 5.41) is 12.4. The maximum absolute atomic E-state index is 11.0. The lowest BCUT2D eigenvalue weighted by atomic mass is 10.1. The zero-order chi connectivity index (χ0) is 14.5. The molecular weight excluding hydrogens is 282 g/mol. The molecule has 0 aliphatic rings. The number of hydrogen-bond acceptors (Lipinski definition) is 5. The first-order valence-electron chi connectivity index (χ1n) is 5.98. The number of aromatic nitrogens is 1. The molecule has 1 amide bonds. The van der Waals surface area contributed by atoms with Gasteiger partial charge in [-0.15, -0.1) is 0 Å². The second-order valence-corrected chi connectivity index (χ2v) is 4.55. The molecular formula is C13H14ClN3O3. The monoisotopic (exact) mass is 295 g/mol. The molecule has 2 aromatic heterocycles. The van der Waals surface area contributed by atoms with Crippen LogP contribution in [0.25, 0.3) is 0 Å². The topological polar surface area (TPSA) is 101 Å². The second kappa shape index (κ2) is 6.40. The summed E-state index contributed by atoms with van der Waals surface area (Å²) in [4.78, 5) is 15.1. The SMILES string of the molecule is NC(=O)c1cnc(NC(CCO)c2ccco2)c(Cl)c1. The summed E-state index contributed by atoms with van der Waals surface area (Å²) in [5.41, 5.74) is 5.39. The minimum absolute atomic E-state index is 0.0185. The Balaban J connectivity index is 2.21. The fourth-order valence-corrected chi connectivity index (χ4v) is 1.97. The summed E-state index contributed by atoms with van der Waals surface area (Å²) in [6.45, 7) is -0.0185. The molecule has 106 valence electrons. The molecule has 0 saturated carbocycles. The van der Waals surface area contributed by atoms with Crippen molar-refractivity contribution in [1.29, 1.82) is 0 Å². The number of halogens is 1. The number of aliphatic hydroxyl groups excluding tert-OH is 1. The molecule has 6 nitrogen and oxygen atoms in total. The van der Waals surface area contributed by atoms with Gasteiger partial charge in [0.15, 0.2) is 0 Å². The molecule has 4 N–H and O–H groups in total. The molecule has 0 spiro atoms. The molecule has 1 atom stereocenters. The minimum Gasteiger partial charge on any atom is -0.467 e. The van der Waals surface area contributed by atoms with Crippen LogP contribution in [0.15, 0.2) is 35.1 Å². The molecule has 0 aliphatic carbocycles. The van der Waals surface area contributed by atoms with E-state index >= 15 is 0 Å². The summed E-state index contributed by atoms with van der Waals surface area (Å²) in [7, 11) is 0. The summed E-state index contributed by atoms with van der Waals surface area (Å²) in [6, 6.07) is 4.72. The standard InChI is InChI=1S/C13H14ClN3O3/c14-9-6-8(12(15)19)7-16-13(9)17-10(3-4-18)11-2-1-5-20-11/h1-2,5-7,10,18H,3-4H2,(H2,15,19)(H,16,17). The number of hydrogen-bond donors (Lipinski definition) is 3. The Morgan fingerprint density at radius 2 is 2.40 bits per heavy atom. The third kappa shape index (κ3) is 3.28. The average Bonchev–Trinajstić information content (AvgIpc) is 2.94. The van der Waals surface area contributed by atoms with Crippen LogP contribution < -0.4 is 11.1 Å². The smallest absolute Gasteiger partial charge is 0.250 e. The highest BCUT2D eigenvalue weighted by Crippen LogP contribution is 2.27. The number of carbonyl (C=O) groups excluding carboxylic acids is 1. The largest absolute Gasteiger partial charge is 0.467 e. The number of rotatable bonds is 6. The number of pyridine rings is 1. The van der Waals surface area contributed by atoms with E-state index in [-0.39, 0.29) is 23.2 Å². The zero-order valence-electron chi connectivity index (χ0n) is 10.5. The number of furan rings is 1. The highest BCUT2D eigenvalue weighted by Gasteiger charge is 2.16. The van der Waals surface area contributed by atoms with Gasteiger partial charge in [0.1, 0.15) is 11.6 Å². The first kappa shape index (κ1) is 14.4. The third-order valence-corrected chi connectivity index (χ3v) is 3.03. The van der Waals surface area contributed by atoms with Crippen LogP contribution >= 0.6 is 11.6 Å². The van der Waals surface area contributed by atoms with E-state index in [9.17, 15) is 4.79 Å². The lowest BCUT2D eigenvalue weighted by Gasteiger charge is -2.17. The Hall–Kier alpha value is -2.05. The summed E-state index contributed by atoms with van der Waals surface area (Å²) >= 11 is 6.05. The van der Waals surface area contributed by atoms with E-state index in [2.05, 4.69) is 10.3 Å². The van der Waals surface area contributed by atoms with E-state index in [1.165, 1.54) is 12.3 Å². The molecule has 20 heavy (non-hydrogen) atoms. The molecule has 0 saturated heterocycles. The Morgan fingerprint density at radius 1 is 1.60 bits per heavy atom. The van der Waals surface area contributed by atoms with Crippen molar-refractivity contribution >= 4 is 23.3 Å². The first-order chi connectivity index (χ1) is 9.61. The zero-order valence-corrected chi connectivity index (χ0v) is 11.3. The molecule has 0 fully saturated rings. The van der Waals surface area contributed by atoms with Crippen molar-refractivity contribution < 1.29 is 14.3 Å². The van der Waals surface area contributed by atoms with Crippen molar-refractivity contribution in [1.82, 2.24) is 4.98 Å². The summed E-state index contributed by atoms with van der Waals surface area (Å²) in [5.74, 6) is 0.464. The van der Waals surface area contributed by atoms with E-state index < -0.39 is 5.91 Å². The van der Waals surface area contributed by atoms with E-state index in [4.69, 9.17) is 26.9 Å². The molecule has 0 radical (unpaired) electrons.